The number of anilines is 2. The quantitative estimate of drug-likeness (QED) is 0.918. The number of nitrogen functional groups attached to an aromatic ring is 1. The average molecular weight is 290 g/mol. The molecule has 1 aliphatic rings. The van der Waals surface area contributed by atoms with Crippen molar-refractivity contribution in [3.05, 3.63) is 10.9 Å². The highest BCUT2D eigenvalue weighted by Gasteiger charge is 2.27. The number of nitrogens with two attached hydrogens (primary N) is 1. The van der Waals surface area contributed by atoms with Gasteiger partial charge in [-0.15, -0.1) is 11.3 Å². The van der Waals surface area contributed by atoms with Crippen LogP contribution in [-0.2, 0) is 0 Å². The fourth-order valence-electron chi connectivity index (χ4n) is 3.34. The maximum atomic E-state index is 5.89. The van der Waals surface area contributed by atoms with Crippen molar-refractivity contribution in [1.82, 2.24) is 9.97 Å². The molecule has 5 heteroatoms. The zero-order valence-corrected chi connectivity index (χ0v) is 13.2. The van der Waals surface area contributed by atoms with Crippen LogP contribution in [0, 0.1) is 12.8 Å². The van der Waals surface area contributed by atoms with E-state index in [0.29, 0.717) is 17.9 Å². The van der Waals surface area contributed by atoms with Gasteiger partial charge in [-0.1, -0.05) is 19.8 Å². The summed E-state index contributed by atoms with van der Waals surface area (Å²) in [5.74, 6) is 2.08. The molecule has 2 atom stereocenters. The lowest BCUT2D eigenvalue weighted by atomic mass is 9.85. The van der Waals surface area contributed by atoms with Crippen LogP contribution in [0.5, 0.6) is 0 Å². The van der Waals surface area contributed by atoms with E-state index in [2.05, 4.69) is 41.8 Å². The first-order valence-electron chi connectivity index (χ1n) is 7.32. The third kappa shape index (κ3) is 2.35. The monoisotopic (exact) mass is 290 g/mol. The molecule has 1 fully saturated rings. The largest absolute Gasteiger partial charge is 0.368 e. The average Bonchev–Trinajstić information content (AvgIpc) is 2.77. The fraction of sp³-hybridized carbons (Fsp3) is 0.600. The molecule has 2 unspecified atom stereocenters. The Bertz CT molecular complexity index is 622. The van der Waals surface area contributed by atoms with Crippen molar-refractivity contribution >= 4 is 33.3 Å². The topological polar surface area (TPSA) is 55.0 Å². The van der Waals surface area contributed by atoms with Gasteiger partial charge in [0.25, 0.3) is 0 Å². The number of aromatic nitrogens is 2. The minimum Gasteiger partial charge on any atom is -0.368 e. The van der Waals surface area contributed by atoms with E-state index in [1.165, 1.54) is 30.6 Å². The standard InChI is InChI=1S/C15H22N4S/c1-9-6-4-5-7-12(9)19(3)13-11-8-10(2)20-14(11)18-15(16)17-13/h8-9,12H,4-7H2,1-3H3,(H2,16,17,18). The minimum absolute atomic E-state index is 0.379. The predicted molar refractivity (Wildman–Crippen MR) is 86.4 cm³/mol. The smallest absolute Gasteiger partial charge is 0.223 e. The van der Waals surface area contributed by atoms with Crippen LogP contribution in [0.25, 0.3) is 10.2 Å². The van der Waals surface area contributed by atoms with Gasteiger partial charge in [-0.2, -0.15) is 4.98 Å². The second-order valence-corrected chi connectivity index (χ2v) is 7.16. The molecule has 0 bridgehead atoms. The maximum Gasteiger partial charge on any atom is 0.223 e. The van der Waals surface area contributed by atoms with Gasteiger partial charge in [-0.05, 0) is 31.7 Å². The zero-order chi connectivity index (χ0) is 14.3. The Hall–Kier alpha value is -1.36. The number of aryl methyl sites for hydroxylation is 1. The molecule has 2 N–H and O–H groups in total. The summed E-state index contributed by atoms with van der Waals surface area (Å²) in [5.41, 5.74) is 5.89. The third-order valence-electron chi connectivity index (χ3n) is 4.41. The molecule has 0 amide bonds. The highest BCUT2D eigenvalue weighted by atomic mass is 32.1. The van der Waals surface area contributed by atoms with E-state index in [0.717, 1.165) is 16.0 Å². The Labute approximate surface area is 124 Å². The number of hydrogen-bond acceptors (Lipinski definition) is 5. The molecule has 0 aromatic carbocycles. The molecule has 0 radical (unpaired) electrons. The summed E-state index contributed by atoms with van der Waals surface area (Å²) < 4.78 is 0. The first-order chi connectivity index (χ1) is 9.56. The van der Waals surface area contributed by atoms with Crippen LogP contribution in [0.1, 0.15) is 37.5 Å². The van der Waals surface area contributed by atoms with E-state index < -0.39 is 0 Å². The van der Waals surface area contributed by atoms with Crippen LogP contribution in [0.15, 0.2) is 6.07 Å². The Kier molecular flexibility index (Phi) is 3.54. The van der Waals surface area contributed by atoms with Crippen molar-refractivity contribution in [3.8, 4) is 0 Å². The summed E-state index contributed by atoms with van der Waals surface area (Å²) in [4.78, 5) is 13.5. The Balaban J connectivity index is 2.03. The Morgan fingerprint density at radius 1 is 1.30 bits per heavy atom. The number of fused-ring (bicyclic) bond motifs is 1. The predicted octanol–water partition coefficient (Wildman–Crippen LogP) is 3.60. The van der Waals surface area contributed by atoms with Crippen molar-refractivity contribution in [1.29, 1.82) is 0 Å². The normalized spacial score (nSPS) is 23.1. The van der Waals surface area contributed by atoms with Crippen molar-refractivity contribution in [2.24, 2.45) is 5.92 Å². The molecule has 0 spiro atoms. The molecule has 2 aromatic rings. The molecule has 4 nitrogen and oxygen atoms in total. The summed E-state index contributed by atoms with van der Waals surface area (Å²) in [5, 5.41) is 1.14. The summed E-state index contributed by atoms with van der Waals surface area (Å²) in [6, 6.07) is 2.74. The third-order valence-corrected chi connectivity index (χ3v) is 5.36. The number of nitrogens with zero attached hydrogens (tertiary/aromatic N) is 3. The molecular weight excluding hydrogens is 268 g/mol. The van der Waals surface area contributed by atoms with Gasteiger partial charge in [0.05, 0.1) is 5.39 Å². The zero-order valence-electron chi connectivity index (χ0n) is 12.4. The van der Waals surface area contributed by atoms with Crippen LogP contribution in [0.4, 0.5) is 11.8 Å². The first-order valence-corrected chi connectivity index (χ1v) is 8.14. The van der Waals surface area contributed by atoms with E-state index in [1.54, 1.807) is 11.3 Å². The number of rotatable bonds is 2. The molecule has 0 aliphatic heterocycles. The summed E-state index contributed by atoms with van der Waals surface area (Å²) in [7, 11) is 2.15. The van der Waals surface area contributed by atoms with E-state index in [-0.39, 0.29) is 0 Å². The molecule has 20 heavy (non-hydrogen) atoms. The Morgan fingerprint density at radius 2 is 2.05 bits per heavy atom. The number of hydrogen-bond donors (Lipinski definition) is 1. The van der Waals surface area contributed by atoms with Gasteiger partial charge in [0.1, 0.15) is 10.6 Å². The highest BCUT2D eigenvalue weighted by Crippen LogP contribution is 2.35. The van der Waals surface area contributed by atoms with Gasteiger partial charge in [0.2, 0.25) is 5.95 Å². The van der Waals surface area contributed by atoms with E-state index in [1.807, 2.05) is 0 Å². The highest BCUT2D eigenvalue weighted by molar-refractivity contribution is 7.18. The lowest BCUT2D eigenvalue weighted by Gasteiger charge is -2.37. The molecule has 0 saturated heterocycles. The second-order valence-electron chi connectivity index (χ2n) is 5.92. The van der Waals surface area contributed by atoms with E-state index in [9.17, 15) is 0 Å². The van der Waals surface area contributed by atoms with Gasteiger partial charge in [0.15, 0.2) is 0 Å². The number of thiophene rings is 1. The summed E-state index contributed by atoms with van der Waals surface area (Å²) in [6.07, 6.45) is 5.21. The molecule has 108 valence electrons. The molecule has 1 saturated carbocycles. The maximum absolute atomic E-state index is 5.89. The molecule has 3 rings (SSSR count). The molecule has 2 heterocycles. The van der Waals surface area contributed by atoms with Gasteiger partial charge < -0.3 is 10.6 Å². The van der Waals surface area contributed by atoms with Crippen LogP contribution in [0.3, 0.4) is 0 Å². The van der Waals surface area contributed by atoms with Crippen molar-refractivity contribution < 1.29 is 0 Å². The SMILES string of the molecule is Cc1cc2c(N(C)C3CCCCC3C)nc(N)nc2s1. The lowest BCUT2D eigenvalue weighted by molar-refractivity contribution is 0.321. The lowest BCUT2D eigenvalue weighted by Crippen LogP contribution is -2.39. The van der Waals surface area contributed by atoms with Gasteiger partial charge >= 0.3 is 0 Å². The molecule has 1 aliphatic carbocycles. The van der Waals surface area contributed by atoms with Gasteiger partial charge in [-0.3, -0.25) is 0 Å². The molecular formula is C15H22N4S. The van der Waals surface area contributed by atoms with Crippen molar-refractivity contribution in [2.45, 2.75) is 45.6 Å². The first kappa shape index (κ1) is 13.6. The van der Waals surface area contributed by atoms with Gasteiger partial charge in [0, 0.05) is 18.0 Å². The van der Waals surface area contributed by atoms with Crippen molar-refractivity contribution in [2.75, 3.05) is 17.7 Å². The minimum atomic E-state index is 0.379. The van der Waals surface area contributed by atoms with Crippen LogP contribution >= 0.6 is 11.3 Å². The van der Waals surface area contributed by atoms with Gasteiger partial charge in [-0.25, -0.2) is 4.98 Å². The van der Waals surface area contributed by atoms with E-state index in [4.69, 9.17) is 5.73 Å². The summed E-state index contributed by atoms with van der Waals surface area (Å²) >= 11 is 1.69. The van der Waals surface area contributed by atoms with Crippen LogP contribution in [0.2, 0.25) is 0 Å². The molecule has 2 aromatic heterocycles. The van der Waals surface area contributed by atoms with Crippen molar-refractivity contribution in [3.63, 3.8) is 0 Å². The summed E-state index contributed by atoms with van der Waals surface area (Å²) in [6.45, 7) is 4.45. The second kappa shape index (κ2) is 5.20. The van der Waals surface area contributed by atoms with Crippen LogP contribution < -0.4 is 10.6 Å². The fourth-order valence-corrected chi connectivity index (χ4v) is 4.22. The van der Waals surface area contributed by atoms with E-state index >= 15 is 0 Å². The Morgan fingerprint density at radius 3 is 2.80 bits per heavy atom. The van der Waals surface area contributed by atoms with Crippen LogP contribution in [-0.4, -0.2) is 23.1 Å².